The number of alkyl halides is 3. The summed E-state index contributed by atoms with van der Waals surface area (Å²) in [6.45, 7) is 0.256. The predicted molar refractivity (Wildman–Crippen MR) is 133 cm³/mol. The van der Waals surface area contributed by atoms with Crippen molar-refractivity contribution in [2.45, 2.75) is 12.7 Å². The second-order valence-corrected chi connectivity index (χ2v) is 8.53. The van der Waals surface area contributed by atoms with Crippen molar-refractivity contribution in [2.24, 2.45) is 0 Å². The lowest BCUT2D eigenvalue weighted by Gasteiger charge is -2.13. The Morgan fingerprint density at radius 1 is 0.947 bits per heavy atom. The molecule has 0 unspecified atom stereocenters. The highest BCUT2D eigenvalue weighted by Gasteiger charge is 2.32. The molecule has 0 aliphatic carbocycles. The molecule has 4 heterocycles. The van der Waals surface area contributed by atoms with Gasteiger partial charge in [0.1, 0.15) is 17.2 Å². The molecule has 0 saturated heterocycles. The van der Waals surface area contributed by atoms with E-state index in [1.807, 2.05) is 30.3 Å². The molecule has 0 radical (unpaired) electrons. The zero-order chi connectivity index (χ0) is 26.4. The lowest BCUT2D eigenvalue weighted by atomic mass is 10.0. The molecule has 4 aromatic heterocycles. The van der Waals surface area contributed by atoms with Gasteiger partial charge in [-0.25, -0.2) is 19.3 Å². The molecule has 0 atom stereocenters. The van der Waals surface area contributed by atoms with E-state index in [9.17, 15) is 17.6 Å². The van der Waals surface area contributed by atoms with Crippen molar-refractivity contribution < 1.29 is 22.0 Å². The zero-order valence-electron chi connectivity index (χ0n) is 19.3. The summed E-state index contributed by atoms with van der Waals surface area (Å²) in [5.41, 5.74) is 8.53. The third-order valence-corrected chi connectivity index (χ3v) is 5.99. The fourth-order valence-electron chi connectivity index (χ4n) is 4.02. The lowest BCUT2D eigenvalue weighted by molar-refractivity contribution is -0.137. The van der Waals surface area contributed by atoms with Crippen LogP contribution in [0.1, 0.15) is 11.1 Å². The molecule has 0 saturated carbocycles. The summed E-state index contributed by atoms with van der Waals surface area (Å²) in [7, 11) is 0. The molecule has 0 fully saturated rings. The highest BCUT2D eigenvalue weighted by molar-refractivity contribution is 5.89. The summed E-state index contributed by atoms with van der Waals surface area (Å²) in [5.74, 6) is -0.146. The summed E-state index contributed by atoms with van der Waals surface area (Å²) in [6.07, 6.45) is -2.17. The second-order valence-electron chi connectivity index (χ2n) is 8.53. The van der Waals surface area contributed by atoms with E-state index < -0.39 is 17.6 Å². The molecule has 0 aliphatic rings. The SMILES string of the molecule is Nc1n[nH]c2ncc(-c3ccc(CNc4ncc(C(F)(F)F)cc4-c4nc5cc(F)ccc5o4)cc3)cc12. The molecule has 0 spiro atoms. The van der Waals surface area contributed by atoms with Gasteiger partial charge in [-0.2, -0.15) is 18.3 Å². The van der Waals surface area contributed by atoms with Gasteiger partial charge in [-0.15, -0.1) is 0 Å². The van der Waals surface area contributed by atoms with E-state index in [0.717, 1.165) is 40.4 Å². The Morgan fingerprint density at radius 2 is 1.76 bits per heavy atom. The Bertz CT molecular complexity index is 1790. The van der Waals surface area contributed by atoms with Crippen LogP contribution in [0.4, 0.5) is 29.2 Å². The molecule has 8 nitrogen and oxygen atoms in total. The van der Waals surface area contributed by atoms with Crippen molar-refractivity contribution in [3.63, 3.8) is 0 Å². The van der Waals surface area contributed by atoms with Crippen LogP contribution in [-0.4, -0.2) is 25.1 Å². The number of hydrogen-bond acceptors (Lipinski definition) is 7. The molecule has 0 aliphatic heterocycles. The fourth-order valence-corrected chi connectivity index (χ4v) is 4.02. The fraction of sp³-hybridized carbons (Fsp3) is 0.0769. The molecule has 2 aromatic carbocycles. The number of fused-ring (bicyclic) bond motifs is 2. The van der Waals surface area contributed by atoms with Crippen molar-refractivity contribution in [2.75, 3.05) is 11.1 Å². The van der Waals surface area contributed by atoms with Crippen LogP contribution in [0.25, 0.3) is 44.7 Å². The molecule has 38 heavy (non-hydrogen) atoms. The normalized spacial score (nSPS) is 11.9. The zero-order valence-corrected chi connectivity index (χ0v) is 19.3. The number of benzene rings is 2. The molecule has 6 rings (SSSR count). The largest absolute Gasteiger partial charge is 0.436 e. The monoisotopic (exact) mass is 519 g/mol. The van der Waals surface area contributed by atoms with E-state index >= 15 is 0 Å². The predicted octanol–water partition coefficient (Wildman–Crippen LogP) is 6.18. The number of oxazole rings is 1. The standard InChI is InChI=1S/C26H17F4N7O/c27-17-5-6-21-20(9-17)35-25(38-21)19-8-16(26(28,29)30)12-34-23(19)32-10-13-1-3-14(4-2-13)15-7-18-22(31)36-37-24(18)33-11-15/h1-9,11-12H,10H2,(H,32,34)(H3,31,33,36,37). The maximum atomic E-state index is 13.6. The minimum atomic E-state index is -4.62. The first-order valence-corrected chi connectivity index (χ1v) is 11.3. The number of hydrogen-bond donors (Lipinski definition) is 3. The minimum Gasteiger partial charge on any atom is -0.436 e. The van der Waals surface area contributed by atoms with Gasteiger partial charge in [0, 0.05) is 30.6 Å². The Kier molecular flexibility index (Phi) is 5.44. The Morgan fingerprint density at radius 3 is 2.55 bits per heavy atom. The van der Waals surface area contributed by atoms with Crippen LogP contribution in [0, 0.1) is 5.82 Å². The topological polar surface area (TPSA) is 119 Å². The number of nitrogens with two attached hydrogens (primary N) is 1. The van der Waals surface area contributed by atoms with Gasteiger partial charge in [0.25, 0.3) is 0 Å². The smallest absolute Gasteiger partial charge is 0.417 e. The van der Waals surface area contributed by atoms with Gasteiger partial charge in [-0.3, -0.25) is 5.10 Å². The number of anilines is 2. The Balaban J connectivity index is 1.28. The highest BCUT2D eigenvalue weighted by Crippen LogP contribution is 2.36. The van der Waals surface area contributed by atoms with Crippen LogP contribution >= 0.6 is 0 Å². The number of nitrogens with zero attached hydrogens (tertiary/aromatic N) is 4. The molecule has 0 amide bonds. The first kappa shape index (κ1) is 23.4. The number of aromatic amines is 1. The van der Waals surface area contributed by atoms with E-state index in [4.69, 9.17) is 10.2 Å². The highest BCUT2D eigenvalue weighted by atomic mass is 19.4. The van der Waals surface area contributed by atoms with E-state index in [1.165, 1.54) is 12.1 Å². The molecule has 12 heteroatoms. The molecule has 4 N–H and O–H groups in total. The van der Waals surface area contributed by atoms with Crippen molar-refractivity contribution in [3.05, 3.63) is 83.9 Å². The molecular weight excluding hydrogens is 502 g/mol. The molecular formula is C26H17F4N7O. The van der Waals surface area contributed by atoms with Crippen LogP contribution in [0.5, 0.6) is 0 Å². The van der Waals surface area contributed by atoms with Gasteiger partial charge in [0.05, 0.1) is 16.5 Å². The van der Waals surface area contributed by atoms with E-state index in [-0.39, 0.29) is 34.9 Å². The maximum Gasteiger partial charge on any atom is 0.417 e. The number of halogens is 4. The minimum absolute atomic E-state index is 0.00475. The van der Waals surface area contributed by atoms with Crippen molar-refractivity contribution in [1.29, 1.82) is 0 Å². The van der Waals surface area contributed by atoms with Crippen molar-refractivity contribution in [1.82, 2.24) is 25.1 Å². The quantitative estimate of drug-likeness (QED) is 0.233. The van der Waals surface area contributed by atoms with Crippen molar-refractivity contribution in [3.8, 4) is 22.6 Å². The van der Waals surface area contributed by atoms with Gasteiger partial charge >= 0.3 is 6.18 Å². The van der Waals surface area contributed by atoms with Crippen LogP contribution in [0.2, 0.25) is 0 Å². The first-order valence-electron chi connectivity index (χ1n) is 11.3. The first-order chi connectivity index (χ1) is 18.2. The molecule has 0 bridgehead atoms. The number of aromatic nitrogens is 5. The molecule has 190 valence electrons. The summed E-state index contributed by atoms with van der Waals surface area (Å²) < 4.78 is 59.5. The summed E-state index contributed by atoms with van der Waals surface area (Å²) in [6, 6.07) is 14.0. The van der Waals surface area contributed by atoms with E-state index in [0.29, 0.717) is 11.5 Å². The average molecular weight is 519 g/mol. The lowest BCUT2D eigenvalue weighted by Crippen LogP contribution is -2.09. The van der Waals surface area contributed by atoms with Crippen molar-refractivity contribution >= 4 is 33.8 Å². The number of nitrogens with one attached hydrogen (secondary N) is 2. The third kappa shape index (κ3) is 4.36. The number of pyridine rings is 2. The summed E-state index contributed by atoms with van der Waals surface area (Å²) in [5, 5.41) is 10.5. The van der Waals surface area contributed by atoms with Crippen LogP contribution in [0.15, 0.2) is 71.4 Å². The van der Waals surface area contributed by atoms with Gasteiger partial charge < -0.3 is 15.5 Å². The Labute approximate surface area is 211 Å². The maximum absolute atomic E-state index is 13.6. The van der Waals surface area contributed by atoms with E-state index in [2.05, 4.69) is 30.5 Å². The number of nitrogen functional groups attached to an aromatic ring is 1. The Hall–Kier alpha value is -5.00. The summed E-state index contributed by atoms with van der Waals surface area (Å²) >= 11 is 0. The number of H-pyrrole nitrogens is 1. The van der Waals surface area contributed by atoms with Gasteiger partial charge in [0.15, 0.2) is 17.0 Å². The molecule has 6 aromatic rings. The van der Waals surface area contributed by atoms with Crippen LogP contribution < -0.4 is 11.1 Å². The van der Waals surface area contributed by atoms with Crippen LogP contribution in [-0.2, 0) is 12.7 Å². The van der Waals surface area contributed by atoms with Crippen LogP contribution in [0.3, 0.4) is 0 Å². The third-order valence-electron chi connectivity index (χ3n) is 5.99. The van der Waals surface area contributed by atoms with Gasteiger partial charge in [0.2, 0.25) is 5.89 Å². The van der Waals surface area contributed by atoms with Gasteiger partial charge in [-0.05, 0) is 35.4 Å². The number of rotatable bonds is 5. The van der Waals surface area contributed by atoms with Gasteiger partial charge in [-0.1, -0.05) is 24.3 Å². The second kappa shape index (κ2) is 8.83. The van der Waals surface area contributed by atoms with E-state index in [1.54, 1.807) is 6.20 Å². The summed E-state index contributed by atoms with van der Waals surface area (Å²) in [4.78, 5) is 12.5. The average Bonchev–Trinajstić information content (AvgIpc) is 3.50.